The lowest BCUT2D eigenvalue weighted by molar-refractivity contribution is -0.127. The zero-order valence-electron chi connectivity index (χ0n) is 16.1. The first-order valence-corrected chi connectivity index (χ1v) is 9.82. The Kier molecular flexibility index (Phi) is 5.42. The van der Waals surface area contributed by atoms with Crippen molar-refractivity contribution >= 4 is 5.91 Å². The number of fused-ring (bicyclic) bond motifs is 1. The van der Waals surface area contributed by atoms with Crippen LogP contribution in [0.25, 0.3) is 5.69 Å². The van der Waals surface area contributed by atoms with E-state index >= 15 is 0 Å². The minimum atomic E-state index is -0.535. The van der Waals surface area contributed by atoms with E-state index in [1.165, 1.54) is 24.0 Å². The molecule has 28 heavy (non-hydrogen) atoms. The standard InChI is InChI=1S/C23H25N3O2/c1-17(28-22-11-8-19-4-2-3-5-20(19)14-22)23(27)25-15-18-6-9-21(10-7-18)26-13-12-24-16-26/h6-14,16-17H,2-5,15H2,1H3,(H,25,27)/t17-/m0/s1. The van der Waals surface area contributed by atoms with E-state index in [2.05, 4.69) is 22.4 Å². The number of ether oxygens (including phenoxy) is 1. The molecule has 0 spiro atoms. The van der Waals surface area contributed by atoms with Crippen molar-refractivity contribution in [1.29, 1.82) is 0 Å². The molecule has 5 nitrogen and oxygen atoms in total. The van der Waals surface area contributed by atoms with Gasteiger partial charge in [-0.15, -0.1) is 0 Å². The van der Waals surface area contributed by atoms with Crippen molar-refractivity contribution in [2.75, 3.05) is 0 Å². The normalized spacial score (nSPS) is 14.2. The Hall–Kier alpha value is -3.08. The Bertz CT molecular complexity index is 933. The molecule has 1 aromatic heterocycles. The van der Waals surface area contributed by atoms with E-state index < -0.39 is 6.10 Å². The van der Waals surface area contributed by atoms with Crippen molar-refractivity contribution in [3.8, 4) is 11.4 Å². The zero-order chi connectivity index (χ0) is 19.3. The fourth-order valence-corrected chi connectivity index (χ4v) is 3.57. The van der Waals surface area contributed by atoms with Crippen LogP contribution in [0.1, 0.15) is 36.5 Å². The van der Waals surface area contributed by atoms with Crippen LogP contribution in [-0.4, -0.2) is 21.6 Å². The van der Waals surface area contributed by atoms with E-state index in [0.717, 1.165) is 29.8 Å². The number of hydrogen-bond donors (Lipinski definition) is 1. The van der Waals surface area contributed by atoms with Gasteiger partial charge in [-0.1, -0.05) is 18.2 Å². The molecule has 0 saturated heterocycles. The Labute approximate surface area is 165 Å². The second-order valence-corrected chi connectivity index (χ2v) is 7.25. The summed E-state index contributed by atoms with van der Waals surface area (Å²) in [6, 6.07) is 14.2. The van der Waals surface area contributed by atoms with Crippen LogP contribution in [0.15, 0.2) is 61.2 Å². The highest BCUT2D eigenvalue weighted by molar-refractivity contribution is 5.80. The van der Waals surface area contributed by atoms with Gasteiger partial charge in [0.2, 0.25) is 0 Å². The van der Waals surface area contributed by atoms with Crippen LogP contribution in [0.5, 0.6) is 5.75 Å². The molecule has 0 bridgehead atoms. The van der Waals surface area contributed by atoms with Crippen LogP contribution in [0.2, 0.25) is 0 Å². The highest BCUT2D eigenvalue weighted by Crippen LogP contribution is 2.25. The molecule has 2 aromatic carbocycles. The summed E-state index contributed by atoms with van der Waals surface area (Å²) in [5, 5.41) is 2.95. The molecule has 3 aromatic rings. The third kappa shape index (κ3) is 4.25. The molecule has 1 amide bonds. The molecule has 1 atom stereocenters. The van der Waals surface area contributed by atoms with Crippen molar-refractivity contribution < 1.29 is 9.53 Å². The molecule has 4 rings (SSSR count). The monoisotopic (exact) mass is 375 g/mol. The second kappa shape index (κ2) is 8.30. The van der Waals surface area contributed by atoms with Gasteiger partial charge in [-0.25, -0.2) is 4.98 Å². The second-order valence-electron chi connectivity index (χ2n) is 7.25. The van der Waals surface area contributed by atoms with Crippen molar-refractivity contribution in [1.82, 2.24) is 14.9 Å². The molecule has 0 aliphatic heterocycles. The number of nitrogens with one attached hydrogen (secondary N) is 1. The summed E-state index contributed by atoms with van der Waals surface area (Å²) in [6.07, 6.45) is 9.60. The van der Waals surface area contributed by atoms with Gasteiger partial charge in [0.25, 0.3) is 5.91 Å². The van der Waals surface area contributed by atoms with E-state index in [9.17, 15) is 4.79 Å². The molecule has 0 fully saturated rings. The number of hydrogen-bond acceptors (Lipinski definition) is 3. The highest BCUT2D eigenvalue weighted by atomic mass is 16.5. The predicted octanol–water partition coefficient (Wildman–Crippen LogP) is 3.83. The summed E-state index contributed by atoms with van der Waals surface area (Å²) >= 11 is 0. The Morgan fingerprint density at radius 3 is 2.68 bits per heavy atom. The lowest BCUT2D eigenvalue weighted by Crippen LogP contribution is -2.35. The number of nitrogens with zero attached hydrogens (tertiary/aromatic N) is 2. The van der Waals surface area contributed by atoms with E-state index in [1.54, 1.807) is 19.4 Å². The third-order valence-corrected chi connectivity index (χ3v) is 5.21. The van der Waals surface area contributed by atoms with Crippen LogP contribution in [0.3, 0.4) is 0 Å². The molecule has 0 radical (unpaired) electrons. The quantitative estimate of drug-likeness (QED) is 0.712. The van der Waals surface area contributed by atoms with E-state index in [1.807, 2.05) is 41.1 Å². The smallest absolute Gasteiger partial charge is 0.261 e. The van der Waals surface area contributed by atoms with Gasteiger partial charge in [0.05, 0.1) is 6.33 Å². The first-order chi connectivity index (χ1) is 13.7. The highest BCUT2D eigenvalue weighted by Gasteiger charge is 2.16. The van der Waals surface area contributed by atoms with Crippen LogP contribution in [0.4, 0.5) is 0 Å². The summed E-state index contributed by atoms with van der Waals surface area (Å²) in [5.41, 5.74) is 4.85. The largest absolute Gasteiger partial charge is 0.481 e. The molecule has 1 aliphatic rings. The minimum absolute atomic E-state index is 0.114. The van der Waals surface area contributed by atoms with Crippen LogP contribution in [-0.2, 0) is 24.2 Å². The molecule has 1 N–H and O–H groups in total. The van der Waals surface area contributed by atoms with Crippen LogP contribution < -0.4 is 10.1 Å². The van der Waals surface area contributed by atoms with Gasteiger partial charge in [0.1, 0.15) is 5.75 Å². The molecular weight excluding hydrogens is 350 g/mol. The van der Waals surface area contributed by atoms with Gasteiger partial charge in [-0.3, -0.25) is 4.79 Å². The van der Waals surface area contributed by atoms with Gasteiger partial charge < -0.3 is 14.6 Å². The first kappa shape index (κ1) is 18.3. The number of imidazole rings is 1. The number of carbonyl (C=O) groups excluding carboxylic acids is 1. The van der Waals surface area contributed by atoms with Gasteiger partial charge in [0, 0.05) is 24.6 Å². The maximum Gasteiger partial charge on any atom is 0.261 e. The SMILES string of the molecule is C[C@H](Oc1ccc2c(c1)CCCC2)C(=O)NCc1ccc(-n2ccnc2)cc1. The van der Waals surface area contributed by atoms with E-state index in [0.29, 0.717) is 6.54 Å². The van der Waals surface area contributed by atoms with Crippen molar-refractivity contribution in [2.24, 2.45) is 0 Å². The third-order valence-electron chi connectivity index (χ3n) is 5.21. The fourth-order valence-electron chi connectivity index (χ4n) is 3.57. The number of amides is 1. The lowest BCUT2D eigenvalue weighted by Gasteiger charge is -2.19. The number of rotatable bonds is 6. The first-order valence-electron chi connectivity index (χ1n) is 9.82. The van der Waals surface area contributed by atoms with E-state index in [-0.39, 0.29) is 5.91 Å². The number of benzene rings is 2. The van der Waals surface area contributed by atoms with Gasteiger partial charge >= 0.3 is 0 Å². The number of aromatic nitrogens is 2. The molecule has 1 heterocycles. The summed E-state index contributed by atoms with van der Waals surface area (Å²) in [4.78, 5) is 16.5. The maximum atomic E-state index is 12.4. The molecule has 144 valence electrons. The van der Waals surface area contributed by atoms with Crippen LogP contribution >= 0.6 is 0 Å². The van der Waals surface area contributed by atoms with E-state index in [4.69, 9.17) is 4.74 Å². The van der Waals surface area contributed by atoms with Gasteiger partial charge in [-0.05, 0) is 73.6 Å². The van der Waals surface area contributed by atoms with Crippen molar-refractivity contribution in [3.05, 3.63) is 77.9 Å². The predicted molar refractivity (Wildman–Crippen MR) is 109 cm³/mol. The number of carbonyl (C=O) groups is 1. The average Bonchev–Trinajstić information content (AvgIpc) is 3.27. The molecule has 5 heteroatoms. The molecule has 0 unspecified atom stereocenters. The maximum absolute atomic E-state index is 12.4. The van der Waals surface area contributed by atoms with Gasteiger partial charge in [0.15, 0.2) is 6.10 Å². The topological polar surface area (TPSA) is 56.1 Å². The Morgan fingerprint density at radius 2 is 1.93 bits per heavy atom. The molecule has 0 saturated carbocycles. The molecular formula is C23H25N3O2. The van der Waals surface area contributed by atoms with Gasteiger partial charge in [-0.2, -0.15) is 0 Å². The molecule has 1 aliphatic carbocycles. The fraction of sp³-hybridized carbons (Fsp3) is 0.304. The summed E-state index contributed by atoms with van der Waals surface area (Å²) in [7, 11) is 0. The summed E-state index contributed by atoms with van der Waals surface area (Å²) in [6.45, 7) is 2.26. The van der Waals surface area contributed by atoms with Crippen LogP contribution in [0, 0.1) is 0 Å². The Morgan fingerprint density at radius 1 is 1.14 bits per heavy atom. The van der Waals surface area contributed by atoms with Crippen molar-refractivity contribution in [3.63, 3.8) is 0 Å². The minimum Gasteiger partial charge on any atom is -0.481 e. The van der Waals surface area contributed by atoms with Crippen molar-refractivity contribution in [2.45, 2.75) is 45.3 Å². The lowest BCUT2D eigenvalue weighted by atomic mass is 9.92. The number of aryl methyl sites for hydroxylation is 2. The Balaban J connectivity index is 1.31. The summed E-state index contributed by atoms with van der Waals surface area (Å²) in [5.74, 6) is 0.657. The summed E-state index contributed by atoms with van der Waals surface area (Å²) < 4.78 is 7.82. The average molecular weight is 375 g/mol. The zero-order valence-corrected chi connectivity index (χ0v) is 16.1.